The van der Waals surface area contributed by atoms with Crippen LogP contribution in [-0.2, 0) is 11.3 Å². The summed E-state index contributed by atoms with van der Waals surface area (Å²) in [6, 6.07) is 10.2. The lowest BCUT2D eigenvalue weighted by atomic mass is 9.89. The second-order valence-corrected chi connectivity index (χ2v) is 5.92. The average Bonchev–Trinajstić information content (AvgIpc) is 3.10. The number of nitrogens with two attached hydrogens (primary N) is 1. The molecule has 0 bridgehead atoms. The molecule has 3 rings (SSSR count). The van der Waals surface area contributed by atoms with Crippen LogP contribution in [0.3, 0.4) is 0 Å². The monoisotopic (exact) mass is 287 g/mol. The molecule has 1 fully saturated rings. The molecule has 2 atom stereocenters. The number of primary amides is 1. The maximum Gasteiger partial charge on any atom is 0.222 e. The van der Waals surface area contributed by atoms with Crippen LogP contribution in [0.5, 0.6) is 0 Å². The van der Waals surface area contributed by atoms with Crippen molar-refractivity contribution in [3.63, 3.8) is 0 Å². The number of amides is 1. The van der Waals surface area contributed by atoms with Crippen LogP contribution >= 0.6 is 11.3 Å². The number of carbonyl (C=O) groups is 1. The predicted octanol–water partition coefficient (Wildman–Crippen LogP) is 1.84. The van der Waals surface area contributed by atoms with E-state index < -0.39 is 0 Å². The lowest BCUT2D eigenvalue weighted by Crippen LogP contribution is -2.29. The summed E-state index contributed by atoms with van der Waals surface area (Å²) >= 11 is 1.60. The molecule has 1 saturated heterocycles. The lowest BCUT2D eigenvalue weighted by molar-refractivity contribution is -0.121. The Morgan fingerprint density at radius 3 is 2.80 bits per heavy atom. The third kappa shape index (κ3) is 2.73. The van der Waals surface area contributed by atoms with Crippen molar-refractivity contribution in [1.29, 1.82) is 0 Å². The summed E-state index contributed by atoms with van der Waals surface area (Å²) < 4.78 is 0. The molecular weight excluding hydrogens is 270 g/mol. The van der Waals surface area contributed by atoms with E-state index in [1.165, 1.54) is 5.56 Å². The molecule has 1 aromatic carbocycles. The second-order valence-electron chi connectivity index (χ2n) is 5.20. The van der Waals surface area contributed by atoms with Crippen LogP contribution in [0.25, 0.3) is 0 Å². The van der Waals surface area contributed by atoms with E-state index in [9.17, 15) is 4.79 Å². The van der Waals surface area contributed by atoms with Crippen LogP contribution < -0.4 is 5.73 Å². The molecular formula is C15H17N3OS. The molecule has 0 radical (unpaired) electrons. The molecule has 0 aliphatic carbocycles. The summed E-state index contributed by atoms with van der Waals surface area (Å²) in [5.41, 5.74) is 9.67. The standard InChI is InChI=1S/C15H17N3OS/c16-15(19)14-8-18(6-12-9-20-10-17-12)7-13(14)11-4-2-1-3-5-11/h1-5,9-10,13-14H,6-8H2,(H2,16,19)/t13-,14+/m0/s1. The molecule has 0 unspecified atom stereocenters. The van der Waals surface area contributed by atoms with Crippen LogP contribution in [0.4, 0.5) is 0 Å². The van der Waals surface area contributed by atoms with Crippen molar-refractivity contribution < 1.29 is 4.79 Å². The second kappa shape index (κ2) is 5.73. The summed E-state index contributed by atoms with van der Waals surface area (Å²) in [7, 11) is 0. The van der Waals surface area contributed by atoms with E-state index >= 15 is 0 Å². The number of carbonyl (C=O) groups excluding carboxylic acids is 1. The molecule has 1 aliphatic heterocycles. The van der Waals surface area contributed by atoms with Gasteiger partial charge in [0.25, 0.3) is 0 Å². The molecule has 2 heterocycles. The highest BCUT2D eigenvalue weighted by atomic mass is 32.1. The third-order valence-corrected chi connectivity index (χ3v) is 4.49. The van der Waals surface area contributed by atoms with Gasteiger partial charge >= 0.3 is 0 Å². The Bertz CT molecular complexity index is 570. The Hall–Kier alpha value is -1.72. The normalized spacial score (nSPS) is 23.0. The minimum absolute atomic E-state index is 0.115. The molecule has 104 valence electrons. The van der Waals surface area contributed by atoms with Crippen molar-refractivity contribution in [2.45, 2.75) is 12.5 Å². The van der Waals surface area contributed by atoms with Gasteiger partial charge in [-0.1, -0.05) is 30.3 Å². The Morgan fingerprint density at radius 2 is 2.15 bits per heavy atom. The minimum atomic E-state index is -0.209. The number of nitrogens with zero attached hydrogens (tertiary/aromatic N) is 2. The quantitative estimate of drug-likeness (QED) is 0.933. The van der Waals surface area contributed by atoms with Crippen LogP contribution in [-0.4, -0.2) is 28.9 Å². The van der Waals surface area contributed by atoms with Crippen molar-refractivity contribution in [3.05, 3.63) is 52.5 Å². The van der Waals surface area contributed by atoms with Crippen LogP contribution in [0, 0.1) is 5.92 Å². The van der Waals surface area contributed by atoms with E-state index in [-0.39, 0.29) is 17.7 Å². The summed E-state index contributed by atoms with van der Waals surface area (Å²) in [5, 5.41) is 2.05. The number of hydrogen-bond acceptors (Lipinski definition) is 4. The van der Waals surface area contributed by atoms with Gasteiger partial charge < -0.3 is 5.73 Å². The summed E-state index contributed by atoms with van der Waals surface area (Å²) in [4.78, 5) is 18.3. The van der Waals surface area contributed by atoms with Crippen LogP contribution in [0.1, 0.15) is 17.2 Å². The van der Waals surface area contributed by atoms with Gasteiger partial charge in [0.2, 0.25) is 5.91 Å². The van der Waals surface area contributed by atoms with Gasteiger partial charge in [-0.25, -0.2) is 4.98 Å². The zero-order chi connectivity index (χ0) is 13.9. The van der Waals surface area contributed by atoms with Gasteiger partial charge in [0, 0.05) is 30.9 Å². The summed E-state index contributed by atoms with van der Waals surface area (Å²) in [6.07, 6.45) is 0. The molecule has 4 nitrogen and oxygen atoms in total. The SMILES string of the molecule is NC(=O)[C@@H]1CN(Cc2cscn2)C[C@H]1c1ccccc1. The number of rotatable bonds is 4. The maximum atomic E-state index is 11.7. The first-order valence-electron chi connectivity index (χ1n) is 6.67. The van der Waals surface area contributed by atoms with Gasteiger partial charge in [-0.15, -0.1) is 11.3 Å². The Morgan fingerprint density at radius 1 is 1.35 bits per heavy atom. The topological polar surface area (TPSA) is 59.2 Å². The highest BCUT2D eigenvalue weighted by Crippen LogP contribution is 2.33. The zero-order valence-electron chi connectivity index (χ0n) is 11.1. The van der Waals surface area contributed by atoms with E-state index in [0.29, 0.717) is 6.54 Å². The smallest absolute Gasteiger partial charge is 0.222 e. The zero-order valence-corrected chi connectivity index (χ0v) is 11.9. The first kappa shape index (κ1) is 13.3. The van der Waals surface area contributed by atoms with E-state index in [0.717, 1.165) is 18.8 Å². The fourth-order valence-corrected chi connectivity index (χ4v) is 3.43. The Balaban J connectivity index is 1.77. The van der Waals surface area contributed by atoms with Crippen molar-refractivity contribution in [3.8, 4) is 0 Å². The maximum absolute atomic E-state index is 11.7. The van der Waals surface area contributed by atoms with Gasteiger partial charge in [-0.05, 0) is 5.56 Å². The molecule has 0 spiro atoms. The average molecular weight is 287 g/mol. The van der Waals surface area contributed by atoms with Crippen LogP contribution in [0.2, 0.25) is 0 Å². The fraction of sp³-hybridized carbons (Fsp3) is 0.333. The molecule has 2 N–H and O–H groups in total. The van der Waals surface area contributed by atoms with Gasteiger partial charge in [0.05, 0.1) is 17.1 Å². The van der Waals surface area contributed by atoms with Gasteiger partial charge in [-0.2, -0.15) is 0 Å². The molecule has 5 heteroatoms. The van der Waals surface area contributed by atoms with Crippen LogP contribution in [0.15, 0.2) is 41.2 Å². The fourth-order valence-electron chi connectivity index (χ4n) is 2.89. The molecule has 1 amide bonds. The predicted molar refractivity (Wildman–Crippen MR) is 79.3 cm³/mol. The van der Waals surface area contributed by atoms with Crippen molar-refractivity contribution in [2.75, 3.05) is 13.1 Å². The van der Waals surface area contributed by atoms with Crippen molar-refractivity contribution in [1.82, 2.24) is 9.88 Å². The highest BCUT2D eigenvalue weighted by molar-refractivity contribution is 7.07. The van der Waals surface area contributed by atoms with Crippen molar-refractivity contribution >= 4 is 17.2 Å². The first-order valence-corrected chi connectivity index (χ1v) is 7.62. The molecule has 0 saturated carbocycles. The summed E-state index contributed by atoms with van der Waals surface area (Å²) in [6.45, 7) is 2.36. The third-order valence-electron chi connectivity index (χ3n) is 3.86. The van der Waals surface area contributed by atoms with Gasteiger partial charge in [-0.3, -0.25) is 9.69 Å². The minimum Gasteiger partial charge on any atom is -0.369 e. The largest absolute Gasteiger partial charge is 0.369 e. The van der Waals surface area contributed by atoms with Gasteiger partial charge in [0.1, 0.15) is 0 Å². The Labute approximate surface area is 122 Å². The van der Waals surface area contributed by atoms with E-state index in [1.807, 2.05) is 23.7 Å². The molecule has 1 aliphatic rings. The molecule has 2 aromatic rings. The van der Waals surface area contributed by atoms with E-state index in [2.05, 4.69) is 27.4 Å². The lowest BCUT2D eigenvalue weighted by Gasteiger charge is -2.15. The molecule has 20 heavy (non-hydrogen) atoms. The molecule has 1 aromatic heterocycles. The number of thiazole rings is 1. The van der Waals surface area contributed by atoms with Crippen molar-refractivity contribution in [2.24, 2.45) is 11.7 Å². The number of benzene rings is 1. The Kier molecular flexibility index (Phi) is 3.80. The van der Waals surface area contributed by atoms with Gasteiger partial charge in [0.15, 0.2) is 0 Å². The van der Waals surface area contributed by atoms with E-state index in [4.69, 9.17) is 5.73 Å². The highest BCUT2D eigenvalue weighted by Gasteiger charge is 2.37. The van der Waals surface area contributed by atoms with E-state index in [1.54, 1.807) is 11.3 Å². The first-order chi connectivity index (χ1) is 9.74. The number of likely N-dealkylation sites (tertiary alicyclic amines) is 1. The number of hydrogen-bond donors (Lipinski definition) is 1. The summed E-state index contributed by atoms with van der Waals surface area (Å²) in [5.74, 6) is -0.136. The number of aromatic nitrogens is 1.